The summed E-state index contributed by atoms with van der Waals surface area (Å²) in [5, 5.41) is 6.13. The largest absolute Gasteiger partial charge is 0.383 e. The number of para-hydroxylation sites is 1. The summed E-state index contributed by atoms with van der Waals surface area (Å²) >= 11 is 0. The van der Waals surface area contributed by atoms with E-state index in [1.807, 2.05) is 68.4 Å². The number of hydrogen-bond acceptors (Lipinski definition) is 5. The number of ether oxygens (including phenoxy) is 1. The summed E-state index contributed by atoms with van der Waals surface area (Å²) in [5.74, 6) is 0.889. The Morgan fingerprint density at radius 1 is 1.14 bits per heavy atom. The molecule has 0 aliphatic heterocycles. The summed E-state index contributed by atoms with van der Waals surface area (Å²) < 4.78 is 5.14. The summed E-state index contributed by atoms with van der Waals surface area (Å²) in [5.41, 5.74) is 2.49. The molecule has 3 aromatic rings. The fourth-order valence-corrected chi connectivity index (χ4v) is 2.89. The van der Waals surface area contributed by atoms with E-state index in [1.165, 1.54) is 4.90 Å². The molecule has 0 fully saturated rings. The summed E-state index contributed by atoms with van der Waals surface area (Å²) in [7, 11) is 1.64. The van der Waals surface area contributed by atoms with Gasteiger partial charge < -0.3 is 15.4 Å². The van der Waals surface area contributed by atoms with Gasteiger partial charge in [-0.3, -0.25) is 0 Å². The van der Waals surface area contributed by atoms with Crippen LogP contribution in [0.1, 0.15) is 12.5 Å². The Morgan fingerprint density at radius 2 is 1.93 bits per heavy atom. The predicted molar refractivity (Wildman–Crippen MR) is 116 cm³/mol. The van der Waals surface area contributed by atoms with E-state index in [1.54, 1.807) is 19.4 Å². The number of carbonyl (C=O) groups excluding carboxylic acids is 1. The minimum atomic E-state index is -0.309. The van der Waals surface area contributed by atoms with Crippen LogP contribution in [0.4, 0.5) is 27.9 Å². The topological polar surface area (TPSA) is 79.4 Å². The maximum Gasteiger partial charge on any atom is 0.332 e. The number of anilines is 4. The zero-order chi connectivity index (χ0) is 20.6. The average Bonchev–Trinajstić information content (AvgIpc) is 2.69. The summed E-state index contributed by atoms with van der Waals surface area (Å²) in [6.07, 6.45) is 1.63. The van der Waals surface area contributed by atoms with Crippen molar-refractivity contribution in [3.05, 3.63) is 72.4 Å². The molecule has 7 nitrogen and oxygen atoms in total. The van der Waals surface area contributed by atoms with Crippen molar-refractivity contribution in [2.45, 2.75) is 19.9 Å². The molecular weight excluding hydrogens is 366 g/mol. The maximum atomic E-state index is 13.2. The van der Waals surface area contributed by atoms with Crippen LogP contribution in [0.2, 0.25) is 0 Å². The van der Waals surface area contributed by atoms with Crippen LogP contribution < -0.4 is 15.5 Å². The van der Waals surface area contributed by atoms with Crippen molar-refractivity contribution in [1.29, 1.82) is 0 Å². The number of amides is 2. The maximum absolute atomic E-state index is 13.2. The number of nitrogens with one attached hydrogen (secondary N) is 2. The SMILES string of the molecule is COCC(C)Nc1nccc(N(C(=O)Nc2cccc(C)c2)c2ccccc2)n1. The molecular formula is C22H25N5O2. The number of methoxy groups -OCH3 is 1. The third-order valence-electron chi connectivity index (χ3n) is 4.15. The molecule has 0 aliphatic carbocycles. The van der Waals surface area contributed by atoms with E-state index >= 15 is 0 Å². The first-order chi connectivity index (χ1) is 14.1. The molecule has 29 heavy (non-hydrogen) atoms. The molecule has 1 unspecified atom stereocenters. The van der Waals surface area contributed by atoms with Crippen LogP contribution in [-0.4, -0.2) is 35.8 Å². The Morgan fingerprint density at radius 3 is 2.66 bits per heavy atom. The predicted octanol–water partition coefficient (Wildman–Crippen LogP) is 4.60. The fraction of sp³-hybridized carbons (Fsp3) is 0.227. The molecule has 0 saturated carbocycles. The number of rotatable bonds is 7. The minimum Gasteiger partial charge on any atom is -0.383 e. The Hall–Kier alpha value is -3.45. The first-order valence-corrected chi connectivity index (χ1v) is 9.38. The minimum absolute atomic E-state index is 0.0292. The molecule has 0 aliphatic rings. The Labute approximate surface area is 170 Å². The number of hydrogen-bond donors (Lipinski definition) is 2. The summed E-state index contributed by atoms with van der Waals surface area (Å²) in [6, 6.07) is 18.5. The van der Waals surface area contributed by atoms with Gasteiger partial charge in [-0.1, -0.05) is 30.3 Å². The summed E-state index contributed by atoms with van der Waals surface area (Å²) in [6.45, 7) is 4.47. The standard InChI is InChI=1S/C22H25N5O2/c1-16-8-7-9-18(14-16)25-22(28)27(19-10-5-4-6-11-19)20-12-13-23-21(26-20)24-17(2)15-29-3/h4-14,17H,15H2,1-3H3,(H,25,28)(H,23,24,26). The van der Waals surface area contributed by atoms with Crippen molar-refractivity contribution in [3.63, 3.8) is 0 Å². The summed E-state index contributed by atoms with van der Waals surface area (Å²) in [4.78, 5) is 23.5. The van der Waals surface area contributed by atoms with Gasteiger partial charge in [0.15, 0.2) is 0 Å². The van der Waals surface area contributed by atoms with Crippen molar-refractivity contribution in [3.8, 4) is 0 Å². The van der Waals surface area contributed by atoms with Crippen LogP contribution in [0.15, 0.2) is 66.9 Å². The lowest BCUT2D eigenvalue weighted by molar-refractivity contribution is 0.190. The van der Waals surface area contributed by atoms with Gasteiger partial charge in [0.2, 0.25) is 5.95 Å². The number of aromatic nitrogens is 2. The van der Waals surface area contributed by atoms with Crippen LogP contribution in [0.3, 0.4) is 0 Å². The van der Waals surface area contributed by atoms with Crippen LogP contribution >= 0.6 is 0 Å². The van der Waals surface area contributed by atoms with Gasteiger partial charge in [-0.2, -0.15) is 4.98 Å². The van der Waals surface area contributed by atoms with Gasteiger partial charge in [-0.15, -0.1) is 0 Å². The molecule has 150 valence electrons. The Kier molecular flexibility index (Phi) is 6.76. The highest BCUT2D eigenvalue weighted by atomic mass is 16.5. The van der Waals surface area contributed by atoms with Crippen LogP contribution in [0.5, 0.6) is 0 Å². The van der Waals surface area contributed by atoms with E-state index < -0.39 is 0 Å². The number of benzene rings is 2. The van der Waals surface area contributed by atoms with Gasteiger partial charge in [-0.05, 0) is 43.7 Å². The molecule has 0 spiro atoms. The van der Waals surface area contributed by atoms with Crippen LogP contribution in [0.25, 0.3) is 0 Å². The van der Waals surface area contributed by atoms with Crippen molar-refractivity contribution in [2.24, 2.45) is 0 Å². The third-order valence-corrected chi connectivity index (χ3v) is 4.15. The normalized spacial score (nSPS) is 11.6. The molecule has 1 atom stereocenters. The van der Waals surface area contributed by atoms with Gasteiger partial charge in [0.05, 0.1) is 12.3 Å². The first-order valence-electron chi connectivity index (χ1n) is 9.38. The van der Waals surface area contributed by atoms with E-state index in [4.69, 9.17) is 4.74 Å². The smallest absolute Gasteiger partial charge is 0.332 e. The molecule has 1 heterocycles. The van der Waals surface area contributed by atoms with Crippen molar-refractivity contribution in [1.82, 2.24) is 9.97 Å². The highest BCUT2D eigenvalue weighted by Gasteiger charge is 2.20. The lowest BCUT2D eigenvalue weighted by atomic mass is 10.2. The molecule has 2 N–H and O–H groups in total. The monoisotopic (exact) mass is 391 g/mol. The number of carbonyl (C=O) groups is 1. The Bertz CT molecular complexity index is 949. The van der Waals surface area contributed by atoms with Gasteiger partial charge in [0, 0.05) is 31.1 Å². The second-order valence-corrected chi connectivity index (χ2v) is 6.71. The van der Waals surface area contributed by atoms with E-state index in [2.05, 4.69) is 20.6 Å². The molecule has 2 aromatic carbocycles. The first kappa shape index (κ1) is 20.3. The van der Waals surface area contributed by atoms with Crippen LogP contribution in [-0.2, 0) is 4.74 Å². The molecule has 0 bridgehead atoms. The third kappa shape index (κ3) is 5.52. The van der Waals surface area contributed by atoms with Gasteiger partial charge in [0.1, 0.15) is 5.82 Å². The fourth-order valence-electron chi connectivity index (χ4n) is 2.89. The lowest BCUT2D eigenvalue weighted by Crippen LogP contribution is -2.32. The molecule has 2 amide bonds. The highest BCUT2D eigenvalue weighted by molar-refractivity contribution is 6.06. The zero-order valence-electron chi connectivity index (χ0n) is 16.8. The molecule has 3 rings (SSSR count). The van der Waals surface area contributed by atoms with E-state index in [9.17, 15) is 4.79 Å². The molecule has 0 radical (unpaired) electrons. The van der Waals surface area contributed by atoms with Gasteiger partial charge in [-0.25, -0.2) is 14.7 Å². The molecule has 0 saturated heterocycles. The number of urea groups is 1. The molecule has 7 heteroatoms. The average molecular weight is 391 g/mol. The van der Waals surface area contributed by atoms with Gasteiger partial charge >= 0.3 is 6.03 Å². The Balaban J connectivity index is 1.91. The number of nitrogens with zero attached hydrogens (tertiary/aromatic N) is 3. The van der Waals surface area contributed by atoms with E-state index in [0.29, 0.717) is 24.1 Å². The van der Waals surface area contributed by atoms with Gasteiger partial charge in [0.25, 0.3) is 0 Å². The van der Waals surface area contributed by atoms with Crippen molar-refractivity contribution < 1.29 is 9.53 Å². The van der Waals surface area contributed by atoms with E-state index in [0.717, 1.165) is 11.3 Å². The molecule has 1 aromatic heterocycles. The quantitative estimate of drug-likeness (QED) is 0.615. The second-order valence-electron chi connectivity index (χ2n) is 6.71. The van der Waals surface area contributed by atoms with Crippen LogP contribution in [0, 0.1) is 6.92 Å². The lowest BCUT2D eigenvalue weighted by Gasteiger charge is -2.23. The number of aryl methyl sites for hydroxylation is 1. The zero-order valence-corrected chi connectivity index (χ0v) is 16.8. The van der Waals surface area contributed by atoms with E-state index in [-0.39, 0.29) is 12.1 Å². The second kappa shape index (κ2) is 9.66. The van der Waals surface area contributed by atoms with Crippen molar-refractivity contribution >= 4 is 29.2 Å². The highest BCUT2D eigenvalue weighted by Crippen LogP contribution is 2.25. The van der Waals surface area contributed by atoms with Crippen molar-refractivity contribution in [2.75, 3.05) is 29.3 Å².